The van der Waals surface area contributed by atoms with Crippen molar-refractivity contribution in [2.75, 3.05) is 5.73 Å². The van der Waals surface area contributed by atoms with Crippen molar-refractivity contribution < 1.29 is 13.6 Å². The van der Waals surface area contributed by atoms with Gasteiger partial charge in [-0.3, -0.25) is 4.79 Å². The summed E-state index contributed by atoms with van der Waals surface area (Å²) in [6.45, 7) is 0. The normalized spacial score (nSPS) is 11.0. The molecule has 0 aliphatic carbocycles. The zero-order valence-electron chi connectivity index (χ0n) is 10.5. The first-order valence-electron chi connectivity index (χ1n) is 5.89. The van der Waals surface area contributed by atoms with Gasteiger partial charge in [-0.2, -0.15) is 0 Å². The number of carbonyl (C=O) groups is 1. The number of aromatic amines is 1. The second kappa shape index (κ2) is 4.92. The number of benzene rings is 1. The summed E-state index contributed by atoms with van der Waals surface area (Å²) in [6, 6.07) is 3.83. The molecule has 0 aliphatic rings. The number of H-pyrrole nitrogens is 1. The Morgan fingerprint density at radius 2 is 2.10 bits per heavy atom. The minimum atomic E-state index is -0.913. The van der Waals surface area contributed by atoms with Gasteiger partial charge in [0.05, 0.1) is 16.9 Å². The number of carbonyl (C=O) groups excluding carboxylic acids is 1. The number of nitrogens with two attached hydrogens (primary N) is 1. The Morgan fingerprint density at radius 1 is 1.33 bits per heavy atom. The predicted octanol–water partition coefficient (Wildman–Crippen LogP) is 3.67. The Morgan fingerprint density at radius 3 is 2.81 bits per heavy atom. The van der Waals surface area contributed by atoms with E-state index >= 15 is 0 Å². The summed E-state index contributed by atoms with van der Waals surface area (Å²) < 4.78 is 28.8. The zero-order chi connectivity index (χ0) is 15.1. The lowest BCUT2D eigenvalue weighted by atomic mass is 10.0. The van der Waals surface area contributed by atoms with E-state index in [1.165, 1.54) is 6.20 Å². The second-order valence-corrected chi connectivity index (χ2v) is 5.32. The largest absolute Gasteiger partial charge is 0.396 e. The highest BCUT2D eigenvalue weighted by atomic mass is 79.9. The highest BCUT2D eigenvalue weighted by molar-refractivity contribution is 9.10. The van der Waals surface area contributed by atoms with E-state index in [0.29, 0.717) is 21.8 Å². The minimum absolute atomic E-state index is 0.0212. The number of fused-ring (bicyclic) bond motifs is 1. The molecule has 2 aromatic heterocycles. The molecule has 0 saturated heterocycles. The molecule has 0 fully saturated rings. The van der Waals surface area contributed by atoms with Crippen molar-refractivity contribution in [1.29, 1.82) is 0 Å². The van der Waals surface area contributed by atoms with Crippen LogP contribution in [-0.2, 0) is 0 Å². The molecule has 0 spiro atoms. The molecule has 0 radical (unpaired) electrons. The Kier molecular flexibility index (Phi) is 3.21. The van der Waals surface area contributed by atoms with Crippen molar-refractivity contribution in [2.45, 2.75) is 0 Å². The van der Waals surface area contributed by atoms with Crippen LogP contribution in [0.25, 0.3) is 22.3 Å². The number of aromatic nitrogens is 2. The topological polar surface area (TPSA) is 71.8 Å². The summed E-state index contributed by atoms with van der Waals surface area (Å²) in [7, 11) is 0. The maximum absolute atomic E-state index is 14.1. The van der Waals surface area contributed by atoms with Crippen LogP contribution in [0.4, 0.5) is 14.5 Å². The van der Waals surface area contributed by atoms with Crippen LogP contribution in [0.1, 0.15) is 10.4 Å². The van der Waals surface area contributed by atoms with Crippen LogP contribution in [0.3, 0.4) is 0 Å². The monoisotopic (exact) mass is 351 g/mol. The molecule has 0 atom stereocenters. The van der Waals surface area contributed by atoms with Gasteiger partial charge in [-0.15, -0.1) is 0 Å². The van der Waals surface area contributed by atoms with Crippen molar-refractivity contribution in [3.63, 3.8) is 0 Å². The van der Waals surface area contributed by atoms with Gasteiger partial charge in [0.1, 0.15) is 11.5 Å². The number of nitrogens with one attached hydrogen (secondary N) is 1. The van der Waals surface area contributed by atoms with Gasteiger partial charge in [-0.25, -0.2) is 13.8 Å². The second-order valence-electron chi connectivity index (χ2n) is 4.41. The average molecular weight is 352 g/mol. The summed E-state index contributed by atoms with van der Waals surface area (Å²) in [5, 5.41) is 0.468. The molecule has 106 valence electrons. The lowest BCUT2D eigenvalue weighted by Crippen LogP contribution is -1.98. The van der Waals surface area contributed by atoms with Gasteiger partial charge in [0.15, 0.2) is 12.1 Å². The first-order chi connectivity index (χ1) is 10.0. The fourth-order valence-electron chi connectivity index (χ4n) is 2.18. The quantitative estimate of drug-likeness (QED) is 0.546. The third kappa shape index (κ3) is 2.09. The molecular weight excluding hydrogens is 344 g/mol. The van der Waals surface area contributed by atoms with Crippen molar-refractivity contribution in [1.82, 2.24) is 9.97 Å². The average Bonchev–Trinajstić information content (AvgIpc) is 2.80. The SMILES string of the molecule is Nc1ccc(F)c(-c2[nH]c3ncc(Br)cc3c2C=O)c1F. The molecule has 4 nitrogen and oxygen atoms in total. The van der Waals surface area contributed by atoms with E-state index in [1.54, 1.807) is 6.07 Å². The molecule has 3 aromatic rings. The Balaban J connectivity index is 2.41. The van der Waals surface area contributed by atoms with Crippen molar-refractivity contribution >= 4 is 38.9 Å². The van der Waals surface area contributed by atoms with E-state index in [-0.39, 0.29) is 22.5 Å². The molecule has 1 aromatic carbocycles. The van der Waals surface area contributed by atoms with Crippen LogP contribution >= 0.6 is 15.9 Å². The molecule has 3 N–H and O–H groups in total. The molecule has 21 heavy (non-hydrogen) atoms. The number of hydrogen-bond acceptors (Lipinski definition) is 3. The lowest BCUT2D eigenvalue weighted by molar-refractivity contribution is 0.112. The third-order valence-electron chi connectivity index (χ3n) is 3.15. The van der Waals surface area contributed by atoms with Gasteiger partial charge in [0.25, 0.3) is 0 Å². The van der Waals surface area contributed by atoms with E-state index in [2.05, 4.69) is 25.9 Å². The number of nitrogens with zero attached hydrogens (tertiary/aromatic N) is 1. The maximum Gasteiger partial charge on any atom is 0.158 e. The van der Waals surface area contributed by atoms with Crippen LogP contribution in [-0.4, -0.2) is 16.3 Å². The molecule has 7 heteroatoms. The van der Waals surface area contributed by atoms with Crippen molar-refractivity contribution in [3.05, 3.63) is 46.1 Å². The Labute approximate surface area is 126 Å². The van der Waals surface area contributed by atoms with Gasteiger partial charge in [-0.05, 0) is 34.1 Å². The van der Waals surface area contributed by atoms with Crippen LogP contribution < -0.4 is 5.73 Å². The number of rotatable bonds is 2. The van der Waals surface area contributed by atoms with E-state index in [0.717, 1.165) is 12.1 Å². The Bertz CT molecular complexity index is 876. The van der Waals surface area contributed by atoms with Gasteiger partial charge < -0.3 is 10.7 Å². The molecule has 3 rings (SSSR count). The van der Waals surface area contributed by atoms with Crippen LogP contribution in [0.15, 0.2) is 28.9 Å². The van der Waals surface area contributed by atoms with Crippen LogP contribution in [0.2, 0.25) is 0 Å². The Hall–Kier alpha value is -2.28. The van der Waals surface area contributed by atoms with E-state index in [4.69, 9.17) is 5.73 Å². The van der Waals surface area contributed by atoms with Gasteiger partial charge in [0.2, 0.25) is 0 Å². The summed E-state index contributed by atoms with van der Waals surface area (Å²) in [5.74, 6) is -1.72. The smallest absolute Gasteiger partial charge is 0.158 e. The van der Waals surface area contributed by atoms with E-state index < -0.39 is 11.6 Å². The zero-order valence-corrected chi connectivity index (χ0v) is 12.0. The molecule has 0 saturated carbocycles. The summed E-state index contributed by atoms with van der Waals surface area (Å²) in [5.41, 5.74) is 5.41. The fourth-order valence-corrected chi connectivity index (χ4v) is 2.51. The lowest BCUT2D eigenvalue weighted by Gasteiger charge is -2.06. The minimum Gasteiger partial charge on any atom is -0.396 e. The van der Waals surface area contributed by atoms with Gasteiger partial charge >= 0.3 is 0 Å². The number of pyridine rings is 1. The third-order valence-corrected chi connectivity index (χ3v) is 3.58. The molecule has 0 unspecified atom stereocenters. The highest BCUT2D eigenvalue weighted by Gasteiger charge is 2.21. The van der Waals surface area contributed by atoms with Crippen molar-refractivity contribution in [2.24, 2.45) is 0 Å². The highest BCUT2D eigenvalue weighted by Crippen LogP contribution is 2.34. The summed E-state index contributed by atoms with van der Waals surface area (Å²) in [4.78, 5) is 18.2. The first-order valence-corrected chi connectivity index (χ1v) is 6.68. The number of anilines is 1. The molecule has 2 heterocycles. The van der Waals surface area contributed by atoms with Gasteiger partial charge in [0, 0.05) is 21.6 Å². The van der Waals surface area contributed by atoms with Gasteiger partial charge in [-0.1, -0.05) is 0 Å². The number of nitrogen functional groups attached to an aromatic ring is 1. The van der Waals surface area contributed by atoms with Crippen molar-refractivity contribution in [3.8, 4) is 11.3 Å². The number of aldehydes is 1. The molecule has 0 aliphatic heterocycles. The maximum atomic E-state index is 14.1. The van der Waals surface area contributed by atoms with E-state index in [1.807, 2.05) is 0 Å². The predicted molar refractivity (Wildman–Crippen MR) is 78.9 cm³/mol. The standard InChI is InChI=1S/C14H8BrF2N3O/c15-6-3-7-8(5-21)13(20-14(7)19-4-6)11-9(16)1-2-10(18)12(11)17/h1-5H,18H2,(H,19,20). The summed E-state index contributed by atoms with van der Waals surface area (Å²) in [6.07, 6.45) is 2.05. The molecular formula is C14H8BrF2N3O. The van der Waals surface area contributed by atoms with E-state index in [9.17, 15) is 13.6 Å². The number of hydrogen-bond donors (Lipinski definition) is 2. The fraction of sp³-hybridized carbons (Fsp3) is 0. The van der Waals surface area contributed by atoms with Crippen LogP contribution in [0, 0.1) is 11.6 Å². The molecule has 0 amide bonds. The van der Waals surface area contributed by atoms with Crippen LogP contribution in [0.5, 0.6) is 0 Å². The molecule has 0 bridgehead atoms. The summed E-state index contributed by atoms with van der Waals surface area (Å²) >= 11 is 3.24. The first kappa shape index (κ1) is 13.7. The number of halogens is 3.